The lowest BCUT2D eigenvalue weighted by molar-refractivity contribution is 0.240. The largest absolute Gasteiger partial charge is 0.506 e. The third-order valence-electron chi connectivity index (χ3n) is 4.33. The van der Waals surface area contributed by atoms with Crippen molar-refractivity contribution in [2.75, 3.05) is 6.54 Å². The number of rotatable bonds is 3. The van der Waals surface area contributed by atoms with Gasteiger partial charge in [0, 0.05) is 25.2 Å². The Morgan fingerprint density at radius 2 is 2.24 bits per heavy atom. The zero-order chi connectivity index (χ0) is 17.4. The van der Waals surface area contributed by atoms with E-state index in [4.69, 9.17) is 11.6 Å². The number of phenolic OH excluding ortho intramolecular Hbond substituents is 1. The van der Waals surface area contributed by atoms with E-state index >= 15 is 0 Å². The molecule has 7 heteroatoms. The molecule has 0 aliphatic carbocycles. The van der Waals surface area contributed by atoms with Gasteiger partial charge in [-0.2, -0.15) is 0 Å². The van der Waals surface area contributed by atoms with Crippen molar-refractivity contribution in [2.24, 2.45) is 0 Å². The molecule has 2 aromatic heterocycles. The van der Waals surface area contributed by atoms with Gasteiger partial charge in [-0.25, -0.2) is 4.98 Å². The van der Waals surface area contributed by atoms with Gasteiger partial charge in [0.25, 0.3) is 5.56 Å². The van der Waals surface area contributed by atoms with E-state index in [1.54, 1.807) is 23.5 Å². The predicted octanol–water partition coefficient (Wildman–Crippen LogP) is 3.42. The van der Waals surface area contributed by atoms with Crippen molar-refractivity contribution in [1.29, 1.82) is 0 Å². The number of aromatic nitrogens is 2. The second-order valence-corrected chi connectivity index (χ2v) is 7.42. The summed E-state index contributed by atoms with van der Waals surface area (Å²) in [5, 5.41) is 11.9. The van der Waals surface area contributed by atoms with Crippen molar-refractivity contribution >= 4 is 22.9 Å². The van der Waals surface area contributed by atoms with Gasteiger partial charge in [-0.05, 0) is 35.6 Å². The Bertz CT molecular complexity index is 969. The molecule has 3 aromatic rings. The molecular formula is C18H16ClN3O2S. The molecule has 0 saturated heterocycles. The highest BCUT2D eigenvalue weighted by atomic mass is 35.5. The molecule has 0 bridgehead atoms. The molecule has 1 aromatic carbocycles. The number of nitrogens with zero attached hydrogens (tertiary/aromatic N) is 2. The van der Waals surface area contributed by atoms with Crippen LogP contribution in [0.2, 0.25) is 5.02 Å². The number of aromatic hydroxyl groups is 1. The van der Waals surface area contributed by atoms with Crippen LogP contribution >= 0.6 is 22.9 Å². The molecule has 5 nitrogen and oxygen atoms in total. The first kappa shape index (κ1) is 16.3. The van der Waals surface area contributed by atoms with Crippen LogP contribution in [0.5, 0.6) is 5.75 Å². The Labute approximate surface area is 153 Å². The summed E-state index contributed by atoms with van der Waals surface area (Å²) in [6.45, 7) is 2.10. The minimum atomic E-state index is -0.0410. The minimum Gasteiger partial charge on any atom is -0.506 e. The number of fused-ring (bicyclic) bond motifs is 1. The highest BCUT2D eigenvalue weighted by molar-refractivity contribution is 7.13. The Kier molecular flexibility index (Phi) is 4.33. The van der Waals surface area contributed by atoms with E-state index in [-0.39, 0.29) is 11.3 Å². The first-order valence-corrected chi connectivity index (χ1v) is 9.21. The lowest BCUT2D eigenvalue weighted by atomic mass is 10.1. The normalized spacial score (nSPS) is 14.4. The summed E-state index contributed by atoms with van der Waals surface area (Å²) >= 11 is 7.54. The highest BCUT2D eigenvalue weighted by Crippen LogP contribution is 2.26. The van der Waals surface area contributed by atoms with E-state index in [1.165, 1.54) is 0 Å². The average Bonchev–Trinajstić information content (AvgIpc) is 3.12. The fourth-order valence-corrected chi connectivity index (χ4v) is 3.94. The van der Waals surface area contributed by atoms with Crippen molar-refractivity contribution in [2.45, 2.75) is 19.5 Å². The number of benzene rings is 1. The standard InChI is InChI=1S/C18H16ClN3O2S/c19-13-8-11(3-4-15(13)23)9-22-6-5-12-14(10-22)20-17(21-18(12)24)16-2-1-7-25-16/h1-4,7-8,23H,5-6,9-10H2,(H,20,21,24). The number of hydrogen-bond donors (Lipinski definition) is 2. The molecule has 0 unspecified atom stereocenters. The van der Waals surface area contributed by atoms with Crippen molar-refractivity contribution in [1.82, 2.24) is 14.9 Å². The first-order chi connectivity index (χ1) is 12.1. The van der Waals surface area contributed by atoms with E-state index < -0.39 is 0 Å². The number of phenols is 1. The molecule has 0 fully saturated rings. The van der Waals surface area contributed by atoms with Crippen LogP contribution in [0.25, 0.3) is 10.7 Å². The van der Waals surface area contributed by atoms with Crippen LogP contribution in [-0.2, 0) is 19.5 Å². The van der Waals surface area contributed by atoms with Crippen LogP contribution in [0.1, 0.15) is 16.8 Å². The molecule has 128 valence electrons. The lowest BCUT2D eigenvalue weighted by Crippen LogP contribution is -2.35. The fourth-order valence-electron chi connectivity index (χ4n) is 3.07. The SMILES string of the molecule is O=c1[nH]c(-c2cccs2)nc2c1CCN(Cc1ccc(O)c(Cl)c1)C2. The molecule has 3 heterocycles. The van der Waals surface area contributed by atoms with Crippen molar-refractivity contribution in [3.63, 3.8) is 0 Å². The van der Waals surface area contributed by atoms with E-state index in [0.29, 0.717) is 30.4 Å². The molecule has 1 aliphatic heterocycles. The van der Waals surface area contributed by atoms with Crippen molar-refractivity contribution in [3.8, 4) is 16.5 Å². The molecule has 4 rings (SSSR count). The summed E-state index contributed by atoms with van der Waals surface area (Å²) in [5.41, 5.74) is 2.60. The number of aromatic amines is 1. The second-order valence-electron chi connectivity index (χ2n) is 6.06. The Morgan fingerprint density at radius 3 is 3.00 bits per heavy atom. The second kappa shape index (κ2) is 6.63. The third-order valence-corrected chi connectivity index (χ3v) is 5.50. The number of thiophene rings is 1. The van der Waals surface area contributed by atoms with Gasteiger partial charge in [0.05, 0.1) is 15.6 Å². The molecule has 0 atom stereocenters. The maximum Gasteiger partial charge on any atom is 0.254 e. The molecule has 2 N–H and O–H groups in total. The number of halogens is 1. The van der Waals surface area contributed by atoms with E-state index in [0.717, 1.165) is 28.2 Å². The topological polar surface area (TPSA) is 69.2 Å². The van der Waals surface area contributed by atoms with E-state index in [1.807, 2.05) is 23.6 Å². The summed E-state index contributed by atoms with van der Waals surface area (Å²) in [7, 11) is 0. The van der Waals surface area contributed by atoms with Gasteiger partial charge < -0.3 is 10.1 Å². The molecule has 25 heavy (non-hydrogen) atoms. The highest BCUT2D eigenvalue weighted by Gasteiger charge is 2.21. The van der Waals surface area contributed by atoms with Crippen LogP contribution < -0.4 is 5.56 Å². The maximum absolute atomic E-state index is 12.4. The maximum atomic E-state index is 12.4. The molecule has 0 radical (unpaired) electrons. The number of nitrogens with one attached hydrogen (secondary N) is 1. The zero-order valence-electron chi connectivity index (χ0n) is 13.3. The number of hydrogen-bond acceptors (Lipinski definition) is 5. The van der Waals surface area contributed by atoms with Gasteiger partial charge in [-0.3, -0.25) is 9.69 Å². The Balaban J connectivity index is 1.59. The summed E-state index contributed by atoms with van der Waals surface area (Å²) in [4.78, 5) is 23.1. The Morgan fingerprint density at radius 1 is 1.36 bits per heavy atom. The van der Waals surface area contributed by atoms with Crippen LogP contribution in [-0.4, -0.2) is 26.5 Å². The smallest absolute Gasteiger partial charge is 0.254 e. The van der Waals surface area contributed by atoms with E-state index in [9.17, 15) is 9.90 Å². The third kappa shape index (κ3) is 3.33. The molecule has 0 saturated carbocycles. The molecule has 0 amide bonds. The van der Waals surface area contributed by atoms with Crippen LogP contribution in [0.4, 0.5) is 0 Å². The monoisotopic (exact) mass is 373 g/mol. The first-order valence-electron chi connectivity index (χ1n) is 7.96. The van der Waals surface area contributed by atoms with Gasteiger partial charge >= 0.3 is 0 Å². The van der Waals surface area contributed by atoms with Gasteiger partial charge in [0.2, 0.25) is 0 Å². The van der Waals surface area contributed by atoms with E-state index in [2.05, 4.69) is 14.9 Å². The Hall–Kier alpha value is -2.15. The fraction of sp³-hybridized carbons (Fsp3) is 0.222. The molecular weight excluding hydrogens is 358 g/mol. The molecule has 1 aliphatic rings. The number of H-pyrrole nitrogens is 1. The van der Waals surface area contributed by atoms with Gasteiger partial charge in [0.15, 0.2) is 5.82 Å². The quantitative estimate of drug-likeness (QED) is 0.738. The van der Waals surface area contributed by atoms with Gasteiger partial charge in [-0.1, -0.05) is 23.7 Å². The summed E-state index contributed by atoms with van der Waals surface area (Å²) in [6, 6.07) is 9.13. The summed E-state index contributed by atoms with van der Waals surface area (Å²) in [5.74, 6) is 0.719. The zero-order valence-corrected chi connectivity index (χ0v) is 14.9. The minimum absolute atomic E-state index is 0.0410. The lowest BCUT2D eigenvalue weighted by Gasteiger charge is -2.27. The average molecular weight is 374 g/mol. The van der Waals surface area contributed by atoms with Gasteiger partial charge in [-0.15, -0.1) is 11.3 Å². The molecule has 0 spiro atoms. The van der Waals surface area contributed by atoms with Crippen molar-refractivity contribution < 1.29 is 5.11 Å². The van der Waals surface area contributed by atoms with Crippen LogP contribution in [0, 0.1) is 0 Å². The summed E-state index contributed by atoms with van der Waals surface area (Å²) in [6.07, 6.45) is 0.675. The van der Waals surface area contributed by atoms with Crippen LogP contribution in [0.3, 0.4) is 0 Å². The van der Waals surface area contributed by atoms with Gasteiger partial charge in [0.1, 0.15) is 5.75 Å². The van der Waals surface area contributed by atoms with Crippen molar-refractivity contribution in [3.05, 3.63) is 67.9 Å². The summed E-state index contributed by atoms with van der Waals surface area (Å²) < 4.78 is 0. The van der Waals surface area contributed by atoms with Crippen LogP contribution in [0.15, 0.2) is 40.5 Å². The predicted molar refractivity (Wildman–Crippen MR) is 99.1 cm³/mol.